The number of hydrogen-bond donors (Lipinski definition) is 1. The average Bonchev–Trinajstić information content (AvgIpc) is 2.02. The minimum absolute atomic E-state index is 0.0442. The van der Waals surface area contributed by atoms with E-state index in [9.17, 15) is 13.2 Å². The van der Waals surface area contributed by atoms with Crippen molar-refractivity contribution in [3.05, 3.63) is 0 Å². The molecule has 0 amide bonds. The van der Waals surface area contributed by atoms with Crippen LogP contribution in [-0.2, 0) is 14.8 Å². The lowest BCUT2D eigenvalue weighted by Gasteiger charge is -2.34. The Morgan fingerprint density at radius 3 is 2.69 bits per heavy atom. The maximum Gasteiger partial charge on any atom is 0.219 e. The molecule has 4 nitrogen and oxygen atoms in total. The van der Waals surface area contributed by atoms with Crippen molar-refractivity contribution in [2.45, 2.75) is 31.7 Å². The van der Waals surface area contributed by atoms with Crippen LogP contribution >= 0.6 is 0 Å². The van der Waals surface area contributed by atoms with E-state index in [1.165, 1.54) is 0 Å². The van der Waals surface area contributed by atoms with E-state index in [0.29, 0.717) is 0 Å². The van der Waals surface area contributed by atoms with E-state index in [2.05, 4.69) is 4.72 Å². The Bertz CT molecular complexity index is 322. The molecule has 5 heteroatoms. The van der Waals surface area contributed by atoms with Gasteiger partial charge in [-0.3, -0.25) is 4.79 Å². The number of sulfonamides is 1. The molecule has 1 N–H and O–H groups in total. The predicted molar refractivity (Wildman–Crippen MR) is 47.7 cm³/mol. The van der Waals surface area contributed by atoms with Crippen molar-refractivity contribution in [1.82, 2.24) is 4.72 Å². The first-order chi connectivity index (χ1) is 6.08. The fourth-order valence-electron chi connectivity index (χ4n) is 2.22. The van der Waals surface area contributed by atoms with Gasteiger partial charge < -0.3 is 0 Å². The SMILES string of the molecule is O=C1CS(=O)(=O)NC2CCCCC12. The zero-order valence-corrected chi connectivity index (χ0v) is 8.14. The van der Waals surface area contributed by atoms with Crippen LogP contribution in [0.4, 0.5) is 0 Å². The molecule has 2 fully saturated rings. The zero-order valence-electron chi connectivity index (χ0n) is 7.32. The van der Waals surface area contributed by atoms with Crippen molar-refractivity contribution < 1.29 is 13.2 Å². The second kappa shape index (κ2) is 3.06. The fourth-order valence-corrected chi connectivity index (χ4v) is 3.64. The van der Waals surface area contributed by atoms with Crippen molar-refractivity contribution in [1.29, 1.82) is 0 Å². The van der Waals surface area contributed by atoms with E-state index in [4.69, 9.17) is 0 Å². The van der Waals surface area contributed by atoms with E-state index in [1.807, 2.05) is 0 Å². The number of rotatable bonds is 0. The van der Waals surface area contributed by atoms with Crippen LogP contribution in [0.1, 0.15) is 25.7 Å². The molecule has 1 aliphatic carbocycles. The van der Waals surface area contributed by atoms with Crippen molar-refractivity contribution in [3.63, 3.8) is 0 Å². The van der Waals surface area contributed by atoms with Crippen LogP contribution in [0, 0.1) is 5.92 Å². The Morgan fingerprint density at radius 1 is 1.23 bits per heavy atom. The third kappa shape index (κ3) is 1.76. The van der Waals surface area contributed by atoms with Gasteiger partial charge >= 0.3 is 0 Å². The normalized spacial score (nSPS) is 38.3. The van der Waals surface area contributed by atoms with Crippen LogP contribution in [0.2, 0.25) is 0 Å². The molecular weight excluding hydrogens is 190 g/mol. The summed E-state index contributed by atoms with van der Waals surface area (Å²) in [6.45, 7) is 0. The van der Waals surface area contributed by atoms with Crippen molar-refractivity contribution in [3.8, 4) is 0 Å². The standard InChI is InChI=1S/C8H13NO3S/c10-8-5-13(11,12)9-7-4-2-1-3-6(7)8/h6-7,9H,1-5H2. The first kappa shape index (κ1) is 9.15. The molecule has 2 rings (SSSR count). The molecule has 0 bridgehead atoms. The molecule has 1 saturated heterocycles. The minimum atomic E-state index is -3.30. The topological polar surface area (TPSA) is 63.2 Å². The van der Waals surface area contributed by atoms with E-state index < -0.39 is 10.0 Å². The van der Waals surface area contributed by atoms with E-state index >= 15 is 0 Å². The molecule has 74 valence electrons. The highest BCUT2D eigenvalue weighted by Crippen LogP contribution is 2.28. The Morgan fingerprint density at radius 2 is 1.92 bits per heavy atom. The summed E-state index contributed by atoms with van der Waals surface area (Å²) in [7, 11) is -3.30. The molecular formula is C8H13NO3S. The van der Waals surface area contributed by atoms with Crippen LogP contribution in [0.5, 0.6) is 0 Å². The number of fused-ring (bicyclic) bond motifs is 1. The molecule has 2 atom stereocenters. The van der Waals surface area contributed by atoms with E-state index in [0.717, 1.165) is 25.7 Å². The smallest absolute Gasteiger partial charge is 0.219 e. The molecule has 2 unspecified atom stereocenters. The van der Waals surface area contributed by atoms with Crippen LogP contribution in [0.15, 0.2) is 0 Å². The van der Waals surface area contributed by atoms with Gasteiger partial charge in [-0.15, -0.1) is 0 Å². The first-order valence-corrected chi connectivity index (χ1v) is 6.26. The molecule has 0 aromatic heterocycles. The second-order valence-electron chi connectivity index (χ2n) is 3.84. The van der Waals surface area contributed by atoms with E-state index in [1.54, 1.807) is 0 Å². The molecule has 0 spiro atoms. The van der Waals surface area contributed by atoms with Crippen molar-refractivity contribution >= 4 is 15.8 Å². The van der Waals surface area contributed by atoms with Crippen LogP contribution in [0.25, 0.3) is 0 Å². The van der Waals surface area contributed by atoms with Gasteiger partial charge in [0, 0.05) is 12.0 Å². The number of ketones is 1. The number of nitrogens with one attached hydrogen (secondary N) is 1. The van der Waals surface area contributed by atoms with Crippen LogP contribution in [0.3, 0.4) is 0 Å². The lowest BCUT2D eigenvalue weighted by atomic mass is 9.82. The Kier molecular flexibility index (Phi) is 2.15. The summed E-state index contributed by atoms with van der Waals surface area (Å²) in [5.41, 5.74) is 0. The third-order valence-electron chi connectivity index (χ3n) is 2.84. The fraction of sp³-hybridized carbons (Fsp3) is 0.875. The molecule has 13 heavy (non-hydrogen) atoms. The summed E-state index contributed by atoms with van der Waals surface area (Å²) in [5.74, 6) is -0.450. The summed E-state index contributed by atoms with van der Waals surface area (Å²) >= 11 is 0. The summed E-state index contributed by atoms with van der Waals surface area (Å²) in [5, 5.41) is 0. The third-order valence-corrected chi connectivity index (χ3v) is 4.17. The van der Waals surface area contributed by atoms with Gasteiger partial charge in [-0.25, -0.2) is 13.1 Å². The highest BCUT2D eigenvalue weighted by molar-refractivity contribution is 7.90. The maximum absolute atomic E-state index is 11.4. The summed E-state index contributed by atoms with van der Waals surface area (Å²) in [4.78, 5) is 11.4. The number of carbonyl (C=O) groups excluding carboxylic acids is 1. The van der Waals surface area contributed by atoms with E-state index in [-0.39, 0.29) is 23.5 Å². The quantitative estimate of drug-likeness (QED) is 0.605. The maximum atomic E-state index is 11.4. The van der Waals surface area contributed by atoms with Gasteiger partial charge in [0.05, 0.1) is 0 Å². The number of Topliss-reactive ketones (excluding diaryl/α,β-unsaturated/α-hetero) is 1. The predicted octanol–water partition coefficient (Wildman–Crippen LogP) is 0.0473. The Hall–Kier alpha value is -0.420. The van der Waals surface area contributed by atoms with Gasteiger partial charge in [0.1, 0.15) is 5.75 Å². The molecule has 1 aliphatic heterocycles. The van der Waals surface area contributed by atoms with Crippen LogP contribution < -0.4 is 4.72 Å². The molecule has 2 aliphatic rings. The Labute approximate surface area is 77.8 Å². The van der Waals surface area contributed by atoms with Crippen LogP contribution in [-0.4, -0.2) is 26.0 Å². The molecule has 0 aromatic carbocycles. The lowest BCUT2D eigenvalue weighted by molar-refractivity contribution is -0.122. The van der Waals surface area contributed by atoms with Gasteiger partial charge in [-0.05, 0) is 12.8 Å². The monoisotopic (exact) mass is 203 g/mol. The van der Waals surface area contributed by atoms with Gasteiger partial charge in [-0.2, -0.15) is 0 Å². The lowest BCUT2D eigenvalue weighted by Crippen LogP contribution is -2.53. The zero-order chi connectivity index (χ0) is 9.47. The summed E-state index contributed by atoms with van der Waals surface area (Å²) < 4.78 is 24.9. The first-order valence-electron chi connectivity index (χ1n) is 4.61. The molecule has 0 radical (unpaired) electrons. The highest BCUT2D eigenvalue weighted by Gasteiger charge is 2.39. The highest BCUT2D eigenvalue weighted by atomic mass is 32.2. The van der Waals surface area contributed by atoms with Gasteiger partial charge in [0.2, 0.25) is 10.0 Å². The molecule has 0 aromatic rings. The van der Waals surface area contributed by atoms with Gasteiger partial charge in [0.15, 0.2) is 5.78 Å². The average molecular weight is 203 g/mol. The molecule has 1 saturated carbocycles. The van der Waals surface area contributed by atoms with Crippen molar-refractivity contribution in [2.75, 3.05) is 5.75 Å². The Balaban J connectivity index is 2.21. The summed E-state index contributed by atoms with van der Waals surface area (Å²) in [6, 6.07) is -0.111. The molecule has 1 heterocycles. The second-order valence-corrected chi connectivity index (χ2v) is 5.59. The number of carbonyl (C=O) groups is 1. The van der Waals surface area contributed by atoms with Gasteiger partial charge in [-0.1, -0.05) is 12.8 Å². The largest absolute Gasteiger partial charge is 0.298 e. The summed E-state index contributed by atoms with van der Waals surface area (Å²) in [6.07, 6.45) is 3.74. The number of hydrogen-bond acceptors (Lipinski definition) is 3. The van der Waals surface area contributed by atoms with Crippen molar-refractivity contribution in [2.24, 2.45) is 5.92 Å². The van der Waals surface area contributed by atoms with Gasteiger partial charge in [0.25, 0.3) is 0 Å². The minimum Gasteiger partial charge on any atom is -0.298 e.